The highest BCUT2D eigenvalue weighted by molar-refractivity contribution is 6.05. The van der Waals surface area contributed by atoms with E-state index in [9.17, 15) is 9.59 Å². The molecule has 1 aromatic rings. The molecule has 0 spiro atoms. The van der Waals surface area contributed by atoms with E-state index in [0.717, 1.165) is 16.8 Å². The van der Waals surface area contributed by atoms with Crippen molar-refractivity contribution in [1.29, 1.82) is 0 Å². The molecule has 4 heteroatoms. The van der Waals surface area contributed by atoms with Crippen LogP contribution in [-0.2, 0) is 21.5 Å². The lowest BCUT2D eigenvalue weighted by Crippen LogP contribution is -2.27. The number of hydrogen-bond acceptors (Lipinski definition) is 2. The molecule has 0 saturated heterocycles. The fourth-order valence-corrected chi connectivity index (χ4v) is 1.95. The van der Waals surface area contributed by atoms with Crippen LogP contribution in [0.15, 0.2) is 18.2 Å². The van der Waals surface area contributed by atoms with Crippen LogP contribution >= 0.6 is 0 Å². The molecule has 1 aliphatic heterocycles. The number of amides is 2. The van der Waals surface area contributed by atoms with E-state index in [4.69, 9.17) is 0 Å². The van der Waals surface area contributed by atoms with Gasteiger partial charge in [0.15, 0.2) is 0 Å². The standard InChI is InChI=1S/C13H16N2O2/c1-8(16)14-7-9-4-5-11-10(6-9)13(2,3)12(17)15-11/h4-6H,7H2,1-3H3,(H,14,16)(H,15,17). The summed E-state index contributed by atoms with van der Waals surface area (Å²) in [6.45, 7) is 5.78. The van der Waals surface area contributed by atoms with Gasteiger partial charge in [0.2, 0.25) is 11.8 Å². The van der Waals surface area contributed by atoms with Crippen molar-refractivity contribution in [3.63, 3.8) is 0 Å². The highest BCUT2D eigenvalue weighted by atomic mass is 16.2. The molecular formula is C13H16N2O2. The van der Waals surface area contributed by atoms with Crippen molar-refractivity contribution in [3.8, 4) is 0 Å². The minimum absolute atomic E-state index is 0.0178. The summed E-state index contributed by atoms with van der Waals surface area (Å²) in [6, 6.07) is 5.78. The number of nitrogens with one attached hydrogen (secondary N) is 2. The third kappa shape index (κ3) is 2.02. The lowest BCUT2D eigenvalue weighted by molar-refractivity contribution is -0.120. The Labute approximate surface area is 100 Å². The first-order valence-electron chi connectivity index (χ1n) is 5.60. The van der Waals surface area contributed by atoms with Gasteiger partial charge in [-0.1, -0.05) is 12.1 Å². The number of carbonyl (C=O) groups excluding carboxylic acids is 2. The molecule has 0 aliphatic carbocycles. The van der Waals surface area contributed by atoms with Crippen LogP contribution in [0.3, 0.4) is 0 Å². The second-order valence-electron chi connectivity index (χ2n) is 4.87. The third-order valence-electron chi connectivity index (χ3n) is 3.11. The zero-order chi connectivity index (χ0) is 12.6. The molecule has 2 N–H and O–H groups in total. The van der Waals surface area contributed by atoms with Crippen LogP contribution < -0.4 is 10.6 Å². The van der Waals surface area contributed by atoms with Crippen LogP contribution in [-0.4, -0.2) is 11.8 Å². The fourth-order valence-electron chi connectivity index (χ4n) is 1.95. The van der Waals surface area contributed by atoms with Gasteiger partial charge in [0.25, 0.3) is 0 Å². The molecule has 2 amide bonds. The number of rotatable bonds is 2. The lowest BCUT2D eigenvalue weighted by atomic mass is 9.85. The number of fused-ring (bicyclic) bond motifs is 1. The first-order valence-corrected chi connectivity index (χ1v) is 5.60. The Kier molecular flexibility index (Phi) is 2.65. The monoisotopic (exact) mass is 232 g/mol. The molecule has 1 aromatic carbocycles. The summed E-state index contributed by atoms with van der Waals surface area (Å²) in [6.07, 6.45) is 0. The first kappa shape index (κ1) is 11.6. The van der Waals surface area contributed by atoms with Crippen molar-refractivity contribution in [2.24, 2.45) is 0 Å². The van der Waals surface area contributed by atoms with Crippen molar-refractivity contribution in [1.82, 2.24) is 5.32 Å². The zero-order valence-electron chi connectivity index (χ0n) is 10.3. The molecule has 2 rings (SSSR count). The molecule has 0 fully saturated rings. The van der Waals surface area contributed by atoms with Crippen LogP contribution in [0.2, 0.25) is 0 Å². The molecule has 0 atom stereocenters. The summed E-state index contributed by atoms with van der Waals surface area (Å²) in [5.74, 6) is -0.0388. The fraction of sp³-hybridized carbons (Fsp3) is 0.385. The average Bonchev–Trinajstić information content (AvgIpc) is 2.48. The van der Waals surface area contributed by atoms with Crippen molar-refractivity contribution >= 4 is 17.5 Å². The number of hydrogen-bond donors (Lipinski definition) is 2. The van der Waals surface area contributed by atoms with E-state index in [0.29, 0.717) is 6.54 Å². The van der Waals surface area contributed by atoms with Crippen LogP contribution in [0.25, 0.3) is 0 Å². The molecule has 0 unspecified atom stereocenters. The van der Waals surface area contributed by atoms with Crippen LogP contribution in [0.1, 0.15) is 31.9 Å². The van der Waals surface area contributed by atoms with Crippen molar-refractivity contribution in [3.05, 3.63) is 29.3 Å². The van der Waals surface area contributed by atoms with Gasteiger partial charge in [-0.25, -0.2) is 0 Å². The van der Waals surface area contributed by atoms with Gasteiger partial charge in [-0.05, 0) is 31.0 Å². The number of benzene rings is 1. The topological polar surface area (TPSA) is 58.2 Å². The maximum atomic E-state index is 11.7. The molecule has 1 heterocycles. The van der Waals surface area contributed by atoms with E-state index in [1.165, 1.54) is 6.92 Å². The summed E-state index contributed by atoms with van der Waals surface area (Å²) in [5.41, 5.74) is 2.36. The molecule has 17 heavy (non-hydrogen) atoms. The van der Waals surface area contributed by atoms with E-state index in [1.54, 1.807) is 0 Å². The molecule has 1 aliphatic rings. The van der Waals surface area contributed by atoms with Crippen LogP contribution in [0.4, 0.5) is 5.69 Å². The largest absolute Gasteiger partial charge is 0.352 e. The second kappa shape index (κ2) is 3.87. The maximum absolute atomic E-state index is 11.7. The number of anilines is 1. The van der Waals surface area contributed by atoms with E-state index >= 15 is 0 Å². The predicted molar refractivity (Wildman–Crippen MR) is 65.6 cm³/mol. The Morgan fingerprint density at radius 3 is 2.76 bits per heavy atom. The second-order valence-corrected chi connectivity index (χ2v) is 4.87. The molecule has 4 nitrogen and oxygen atoms in total. The summed E-state index contributed by atoms with van der Waals surface area (Å²) in [7, 11) is 0. The smallest absolute Gasteiger partial charge is 0.234 e. The first-order chi connectivity index (χ1) is 7.91. The van der Waals surface area contributed by atoms with Gasteiger partial charge >= 0.3 is 0 Å². The Morgan fingerprint density at radius 2 is 2.12 bits per heavy atom. The van der Waals surface area contributed by atoms with Gasteiger partial charge < -0.3 is 10.6 Å². The Balaban J connectivity index is 2.29. The molecule has 0 radical (unpaired) electrons. The van der Waals surface area contributed by atoms with Gasteiger partial charge in [0, 0.05) is 19.2 Å². The van der Waals surface area contributed by atoms with E-state index in [1.807, 2.05) is 32.0 Å². The van der Waals surface area contributed by atoms with Crippen LogP contribution in [0, 0.1) is 0 Å². The van der Waals surface area contributed by atoms with Gasteiger partial charge in [-0.2, -0.15) is 0 Å². The van der Waals surface area contributed by atoms with Crippen molar-refractivity contribution < 1.29 is 9.59 Å². The SMILES string of the molecule is CC(=O)NCc1ccc2c(c1)C(C)(C)C(=O)N2. The van der Waals surface area contributed by atoms with E-state index in [2.05, 4.69) is 10.6 Å². The van der Waals surface area contributed by atoms with Gasteiger partial charge in [0.05, 0.1) is 5.41 Å². The average molecular weight is 232 g/mol. The number of carbonyl (C=O) groups is 2. The zero-order valence-corrected chi connectivity index (χ0v) is 10.3. The minimum atomic E-state index is -0.498. The highest BCUT2D eigenvalue weighted by Crippen LogP contribution is 2.37. The summed E-state index contributed by atoms with van der Waals surface area (Å²) in [5, 5.41) is 5.60. The van der Waals surface area contributed by atoms with E-state index < -0.39 is 5.41 Å². The van der Waals surface area contributed by atoms with Gasteiger partial charge in [-0.15, -0.1) is 0 Å². The lowest BCUT2D eigenvalue weighted by Gasteiger charge is -2.15. The Bertz CT molecular complexity index is 492. The van der Waals surface area contributed by atoms with Gasteiger partial charge in [-0.3, -0.25) is 9.59 Å². The molecule has 0 bridgehead atoms. The quantitative estimate of drug-likeness (QED) is 0.812. The van der Waals surface area contributed by atoms with Crippen molar-refractivity contribution in [2.45, 2.75) is 32.7 Å². The van der Waals surface area contributed by atoms with Gasteiger partial charge in [0.1, 0.15) is 0 Å². The molecular weight excluding hydrogens is 216 g/mol. The summed E-state index contributed by atoms with van der Waals surface area (Å²) in [4.78, 5) is 22.6. The highest BCUT2D eigenvalue weighted by Gasteiger charge is 2.38. The molecule has 0 aromatic heterocycles. The summed E-state index contributed by atoms with van der Waals surface area (Å²) >= 11 is 0. The van der Waals surface area contributed by atoms with E-state index in [-0.39, 0.29) is 11.8 Å². The van der Waals surface area contributed by atoms with Crippen LogP contribution in [0.5, 0.6) is 0 Å². The molecule has 90 valence electrons. The Morgan fingerprint density at radius 1 is 1.41 bits per heavy atom. The maximum Gasteiger partial charge on any atom is 0.234 e. The third-order valence-corrected chi connectivity index (χ3v) is 3.11. The van der Waals surface area contributed by atoms with Crippen molar-refractivity contribution in [2.75, 3.05) is 5.32 Å². The normalized spacial score (nSPS) is 16.3. The minimum Gasteiger partial charge on any atom is -0.352 e. The predicted octanol–water partition coefficient (Wildman–Crippen LogP) is 1.55. The summed E-state index contributed by atoms with van der Waals surface area (Å²) < 4.78 is 0. The Hall–Kier alpha value is -1.84. The molecule has 0 saturated carbocycles.